The summed E-state index contributed by atoms with van der Waals surface area (Å²) < 4.78 is 38.9. The highest BCUT2D eigenvalue weighted by Crippen LogP contribution is 2.34. The number of carbonyl (C=O) groups excluding carboxylic acids is 1. The van der Waals surface area contributed by atoms with E-state index in [0.717, 1.165) is 25.9 Å². The van der Waals surface area contributed by atoms with Crippen LogP contribution in [0.2, 0.25) is 0 Å². The molecule has 1 aliphatic heterocycles. The highest BCUT2D eigenvalue weighted by Gasteiger charge is 2.39. The van der Waals surface area contributed by atoms with Crippen LogP contribution >= 0.6 is 0 Å². The molecule has 1 aliphatic carbocycles. The molecule has 1 amide bonds. The fourth-order valence-corrected chi connectivity index (χ4v) is 6.61. The van der Waals surface area contributed by atoms with E-state index in [1.54, 1.807) is 24.3 Å². The Morgan fingerprint density at radius 1 is 1.18 bits per heavy atom. The van der Waals surface area contributed by atoms with Gasteiger partial charge in [-0.05, 0) is 63.8 Å². The van der Waals surface area contributed by atoms with Gasteiger partial charge in [0.15, 0.2) is 9.84 Å². The van der Waals surface area contributed by atoms with Gasteiger partial charge in [0.25, 0.3) is 0 Å². The second kappa shape index (κ2) is 11.1. The number of rotatable bonds is 8. The number of hydrogen-bond acceptors (Lipinski definition) is 7. The summed E-state index contributed by atoms with van der Waals surface area (Å²) in [6.07, 6.45) is 4.52. The first kappa shape index (κ1) is 26.5. The lowest BCUT2D eigenvalue weighted by molar-refractivity contribution is -0.246. The Balaban J connectivity index is 1.71. The summed E-state index contributed by atoms with van der Waals surface area (Å²) >= 11 is 0. The van der Waals surface area contributed by atoms with E-state index < -0.39 is 15.6 Å². The van der Waals surface area contributed by atoms with Crippen molar-refractivity contribution in [3.8, 4) is 11.8 Å². The normalized spacial score (nSPS) is 23.0. The monoisotopic (exact) mass is 491 g/mol. The molecule has 1 aromatic rings. The minimum atomic E-state index is -3.58. The number of benzene rings is 1. The Morgan fingerprint density at radius 3 is 2.44 bits per heavy atom. The van der Waals surface area contributed by atoms with Gasteiger partial charge < -0.3 is 20.1 Å². The first-order valence-electron chi connectivity index (χ1n) is 12.1. The number of nitrogens with one attached hydrogen (secondary N) is 2. The number of piperidine rings is 1. The summed E-state index contributed by atoms with van der Waals surface area (Å²) in [6.45, 7) is 7.49. The fraction of sp³-hybridized carbons (Fsp3) is 0.680. The predicted octanol–water partition coefficient (Wildman–Crippen LogP) is 3.18. The second-order valence-electron chi connectivity index (χ2n) is 10.3. The standard InChI is InChI=1S/C25H37N3O5S/c1-24(2,3)33-25(12-15-27-16-13-25)32-20-8-10-21(11-9-20)34(30,31)18-19-6-4-5-7-22(19)23(29)28-17-14-26/h8-11,19,22,27H,4-7,12-13,15-18H2,1-3H3,(H,28,29)/t19-,22+/m0/s1. The first-order valence-corrected chi connectivity index (χ1v) is 13.8. The largest absolute Gasteiger partial charge is 0.462 e. The van der Waals surface area contributed by atoms with Gasteiger partial charge >= 0.3 is 0 Å². The van der Waals surface area contributed by atoms with E-state index in [4.69, 9.17) is 14.7 Å². The molecule has 0 unspecified atom stereocenters. The molecule has 188 valence electrons. The van der Waals surface area contributed by atoms with Gasteiger partial charge in [-0.25, -0.2) is 8.42 Å². The molecule has 2 N–H and O–H groups in total. The van der Waals surface area contributed by atoms with Crippen LogP contribution in [0.3, 0.4) is 0 Å². The maximum Gasteiger partial charge on any atom is 0.224 e. The van der Waals surface area contributed by atoms with Gasteiger partial charge in [-0.3, -0.25) is 4.79 Å². The summed E-state index contributed by atoms with van der Waals surface area (Å²) in [5.41, 5.74) is -0.378. The van der Waals surface area contributed by atoms with Crippen molar-refractivity contribution in [2.45, 2.75) is 75.6 Å². The zero-order valence-electron chi connectivity index (χ0n) is 20.4. The van der Waals surface area contributed by atoms with Crippen molar-refractivity contribution in [1.82, 2.24) is 10.6 Å². The molecule has 0 bridgehead atoms. The van der Waals surface area contributed by atoms with Crippen molar-refractivity contribution >= 4 is 15.7 Å². The number of hydrogen-bond donors (Lipinski definition) is 2. The van der Waals surface area contributed by atoms with Crippen LogP contribution in [0.25, 0.3) is 0 Å². The summed E-state index contributed by atoms with van der Waals surface area (Å²) in [5, 5.41) is 14.6. The Morgan fingerprint density at radius 2 is 1.82 bits per heavy atom. The lowest BCUT2D eigenvalue weighted by atomic mass is 9.80. The molecule has 0 aromatic heterocycles. The number of ether oxygens (including phenoxy) is 2. The van der Waals surface area contributed by atoms with Crippen LogP contribution in [0.4, 0.5) is 0 Å². The third kappa shape index (κ3) is 7.17. The minimum absolute atomic E-state index is 0.0628. The average Bonchev–Trinajstić information content (AvgIpc) is 2.77. The van der Waals surface area contributed by atoms with E-state index >= 15 is 0 Å². The van der Waals surface area contributed by atoms with Crippen molar-refractivity contribution in [3.63, 3.8) is 0 Å². The third-order valence-electron chi connectivity index (χ3n) is 6.37. The molecule has 1 aromatic carbocycles. The molecule has 1 saturated carbocycles. The maximum absolute atomic E-state index is 13.2. The van der Waals surface area contributed by atoms with Gasteiger partial charge in [-0.1, -0.05) is 12.8 Å². The molecule has 9 heteroatoms. The molecule has 0 radical (unpaired) electrons. The van der Waals surface area contributed by atoms with Crippen molar-refractivity contribution < 1.29 is 22.7 Å². The zero-order chi connectivity index (χ0) is 24.8. The zero-order valence-corrected chi connectivity index (χ0v) is 21.2. The van der Waals surface area contributed by atoms with Crippen LogP contribution in [0.1, 0.15) is 59.3 Å². The van der Waals surface area contributed by atoms with Crippen LogP contribution in [-0.2, 0) is 19.4 Å². The Bertz CT molecular complexity index is 973. The molecular formula is C25H37N3O5S. The lowest BCUT2D eigenvalue weighted by Crippen LogP contribution is -2.51. The van der Waals surface area contributed by atoms with E-state index in [-0.39, 0.29) is 40.5 Å². The van der Waals surface area contributed by atoms with Gasteiger partial charge in [0.2, 0.25) is 11.7 Å². The van der Waals surface area contributed by atoms with Gasteiger partial charge in [-0.15, -0.1) is 0 Å². The van der Waals surface area contributed by atoms with Crippen LogP contribution in [0.5, 0.6) is 5.75 Å². The van der Waals surface area contributed by atoms with Crippen molar-refractivity contribution in [2.24, 2.45) is 11.8 Å². The molecule has 34 heavy (non-hydrogen) atoms. The van der Waals surface area contributed by atoms with Crippen LogP contribution in [-0.4, -0.2) is 51.1 Å². The molecule has 2 atom stereocenters. The van der Waals surface area contributed by atoms with E-state index in [9.17, 15) is 13.2 Å². The highest BCUT2D eigenvalue weighted by atomic mass is 32.2. The molecule has 2 fully saturated rings. The minimum Gasteiger partial charge on any atom is -0.462 e. The summed E-state index contributed by atoms with van der Waals surface area (Å²) in [4.78, 5) is 12.7. The average molecular weight is 492 g/mol. The molecule has 0 spiro atoms. The SMILES string of the molecule is CC(C)(C)OC1(Oc2ccc(S(=O)(=O)C[C@@H]3CCCC[C@H]3C(=O)NCC#N)cc2)CCNCC1. The van der Waals surface area contributed by atoms with E-state index in [1.807, 2.05) is 26.8 Å². The van der Waals surface area contributed by atoms with E-state index in [2.05, 4.69) is 10.6 Å². The number of nitrogens with zero attached hydrogens (tertiary/aromatic N) is 1. The Labute approximate surface area is 203 Å². The molecule has 1 heterocycles. The Hall–Kier alpha value is -2.15. The molecule has 8 nitrogen and oxygen atoms in total. The number of amides is 1. The smallest absolute Gasteiger partial charge is 0.224 e. The molecule has 3 rings (SSSR count). The van der Waals surface area contributed by atoms with E-state index in [0.29, 0.717) is 31.4 Å². The quantitative estimate of drug-likeness (QED) is 0.424. The summed E-state index contributed by atoms with van der Waals surface area (Å²) in [7, 11) is -3.58. The summed E-state index contributed by atoms with van der Waals surface area (Å²) in [6, 6.07) is 8.41. The lowest BCUT2D eigenvalue weighted by Gasteiger charge is -2.42. The molecule has 2 aliphatic rings. The van der Waals surface area contributed by atoms with Crippen molar-refractivity contribution in [1.29, 1.82) is 5.26 Å². The number of carbonyl (C=O) groups is 1. The molecule has 1 saturated heterocycles. The highest BCUT2D eigenvalue weighted by molar-refractivity contribution is 7.91. The van der Waals surface area contributed by atoms with Crippen molar-refractivity contribution in [2.75, 3.05) is 25.4 Å². The van der Waals surface area contributed by atoms with Gasteiger partial charge in [-0.2, -0.15) is 5.26 Å². The van der Waals surface area contributed by atoms with Crippen LogP contribution in [0.15, 0.2) is 29.2 Å². The van der Waals surface area contributed by atoms with Crippen LogP contribution < -0.4 is 15.4 Å². The van der Waals surface area contributed by atoms with Crippen LogP contribution in [0, 0.1) is 23.2 Å². The van der Waals surface area contributed by atoms with Gasteiger partial charge in [0, 0.05) is 31.8 Å². The molecular weight excluding hydrogens is 454 g/mol. The first-order chi connectivity index (χ1) is 16.0. The van der Waals surface area contributed by atoms with Crippen molar-refractivity contribution in [3.05, 3.63) is 24.3 Å². The number of sulfone groups is 1. The topological polar surface area (TPSA) is 118 Å². The maximum atomic E-state index is 13.2. The van der Waals surface area contributed by atoms with Gasteiger partial charge in [0.1, 0.15) is 12.3 Å². The third-order valence-corrected chi connectivity index (χ3v) is 8.22. The summed E-state index contributed by atoms with van der Waals surface area (Å²) in [5.74, 6) is -1.13. The fourth-order valence-electron chi connectivity index (χ4n) is 4.91. The second-order valence-corrected chi connectivity index (χ2v) is 12.3. The van der Waals surface area contributed by atoms with E-state index in [1.165, 1.54) is 0 Å². The predicted molar refractivity (Wildman–Crippen MR) is 129 cm³/mol. The Kier molecular flexibility index (Phi) is 8.61. The van der Waals surface area contributed by atoms with Gasteiger partial charge in [0.05, 0.1) is 22.3 Å². The number of nitriles is 1.